The van der Waals surface area contributed by atoms with Crippen LogP contribution in [0.4, 0.5) is 11.4 Å². The third kappa shape index (κ3) is 1.93. The van der Waals surface area contributed by atoms with Crippen molar-refractivity contribution in [3.05, 3.63) is 18.5 Å². The number of pyridine rings is 1. The molecule has 1 amide bonds. The van der Waals surface area contributed by atoms with Crippen molar-refractivity contribution < 1.29 is 9.00 Å². The van der Waals surface area contributed by atoms with Crippen molar-refractivity contribution in [2.75, 3.05) is 28.3 Å². The highest BCUT2D eigenvalue weighted by molar-refractivity contribution is 7.85. The van der Waals surface area contributed by atoms with Gasteiger partial charge in [-0.2, -0.15) is 0 Å². The third-order valence-corrected chi connectivity index (χ3v) is 4.58. The van der Waals surface area contributed by atoms with Gasteiger partial charge in [-0.05, 0) is 6.07 Å². The number of aromatic nitrogens is 1. The van der Waals surface area contributed by atoms with Crippen LogP contribution in [0.15, 0.2) is 18.5 Å². The Morgan fingerprint density at radius 3 is 3.29 bits per heavy atom. The second-order valence-electron chi connectivity index (χ2n) is 4.30. The molecule has 3 heterocycles. The molecule has 2 atom stereocenters. The minimum Gasteiger partial charge on any atom is -0.364 e. The highest BCUT2D eigenvalue weighted by atomic mass is 32.2. The molecule has 1 fully saturated rings. The lowest BCUT2D eigenvalue weighted by atomic mass is 10.2. The van der Waals surface area contributed by atoms with Crippen LogP contribution in [-0.2, 0) is 15.6 Å². The van der Waals surface area contributed by atoms with Crippen LogP contribution < -0.4 is 10.2 Å². The Kier molecular flexibility index (Phi) is 2.58. The zero-order valence-electron chi connectivity index (χ0n) is 9.26. The fourth-order valence-electron chi connectivity index (χ4n) is 2.41. The van der Waals surface area contributed by atoms with Gasteiger partial charge >= 0.3 is 0 Å². The van der Waals surface area contributed by atoms with Crippen LogP contribution in [0.1, 0.15) is 6.42 Å². The summed E-state index contributed by atoms with van der Waals surface area (Å²) >= 11 is 0. The van der Waals surface area contributed by atoms with Crippen LogP contribution in [0.2, 0.25) is 0 Å². The molecule has 0 radical (unpaired) electrons. The van der Waals surface area contributed by atoms with Crippen LogP contribution in [0.3, 0.4) is 0 Å². The molecule has 5 nitrogen and oxygen atoms in total. The number of amides is 1. The topological polar surface area (TPSA) is 62.3 Å². The molecule has 17 heavy (non-hydrogen) atoms. The van der Waals surface area contributed by atoms with Crippen LogP contribution in [0, 0.1) is 0 Å². The van der Waals surface area contributed by atoms with E-state index in [4.69, 9.17) is 0 Å². The SMILES string of the molecule is O=C1CC2CS(=O)CCN2c2ccncc2N1. The quantitative estimate of drug-likeness (QED) is 0.723. The summed E-state index contributed by atoms with van der Waals surface area (Å²) in [6.45, 7) is 0.739. The van der Waals surface area contributed by atoms with Crippen LogP contribution >= 0.6 is 0 Å². The molecule has 3 rings (SSSR count). The monoisotopic (exact) mass is 251 g/mol. The summed E-state index contributed by atoms with van der Waals surface area (Å²) in [6, 6.07) is 1.95. The van der Waals surface area contributed by atoms with Crippen molar-refractivity contribution in [2.45, 2.75) is 12.5 Å². The smallest absolute Gasteiger partial charge is 0.226 e. The molecule has 1 saturated heterocycles. The zero-order chi connectivity index (χ0) is 11.8. The lowest BCUT2D eigenvalue weighted by Crippen LogP contribution is -2.47. The van der Waals surface area contributed by atoms with Crippen molar-refractivity contribution in [1.29, 1.82) is 0 Å². The van der Waals surface area contributed by atoms with Gasteiger partial charge in [0, 0.05) is 47.5 Å². The highest BCUT2D eigenvalue weighted by Crippen LogP contribution is 2.31. The summed E-state index contributed by atoms with van der Waals surface area (Å²) in [5, 5.41) is 2.85. The zero-order valence-corrected chi connectivity index (χ0v) is 10.1. The lowest BCUT2D eigenvalue weighted by Gasteiger charge is -2.35. The summed E-state index contributed by atoms with van der Waals surface area (Å²) in [6.07, 6.45) is 3.79. The number of hydrogen-bond donors (Lipinski definition) is 1. The predicted octanol–water partition coefficient (Wildman–Crippen LogP) is 0.361. The number of anilines is 2. The summed E-state index contributed by atoms with van der Waals surface area (Å²) in [5.41, 5.74) is 1.75. The molecule has 0 spiro atoms. The van der Waals surface area contributed by atoms with Gasteiger partial charge in [-0.15, -0.1) is 0 Å². The molecular formula is C11H13N3O2S. The van der Waals surface area contributed by atoms with Gasteiger partial charge in [0.1, 0.15) is 0 Å². The summed E-state index contributed by atoms with van der Waals surface area (Å²) < 4.78 is 11.6. The highest BCUT2D eigenvalue weighted by Gasteiger charge is 2.32. The summed E-state index contributed by atoms with van der Waals surface area (Å²) in [4.78, 5) is 17.9. The standard InChI is InChI=1S/C11H13N3O2S/c15-11-5-8-7-17(16)4-3-14(8)10-1-2-12-6-9(10)13-11/h1-2,6,8H,3-5,7H2,(H,13,15). The van der Waals surface area contributed by atoms with Gasteiger partial charge in [0.2, 0.25) is 5.91 Å². The van der Waals surface area contributed by atoms with Crippen molar-refractivity contribution >= 4 is 28.1 Å². The van der Waals surface area contributed by atoms with Crippen molar-refractivity contribution in [3.8, 4) is 0 Å². The van der Waals surface area contributed by atoms with Crippen molar-refractivity contribution in [1.82, 2.24) is 4.98 Å². The molecule has 2 unspecified atom stereocenters. The molecule has 2 aliphatic heterocycles. The lowest BCUT2D eigenvalue weighted by molar-refractivity contribution is -0.116. The van der Waals surface area contributed by atoms with E-state index in [1.807, 2.05) is 6.07 Å². The maximum Gasteiger partial charge on any atom is 0.226 e. The Hall–Kier alpha value is -1.43. The number of rotatable bonds is 0. The van der Waals surface area contributed by atoms with E-state index in [1.54, 1.807) is 12.4 Å². The Balaban J connectivity index is 2.03. The van der Waals surface area contributed by atoms with E-state index in [0.29, 0.717) is 17.9 Å². The van der Waals surface area contributed by atoms with Gasteiger partial charge in [-0.1, -0.05) is 0 Å². The minimum atomic E-state index is -0.795. The molecular weight excluding hydrogens is 238 g/mol. The van der Waals surface area contributed by atoms with Crippen LogP contribution in [0.25, 0.3) is 0 Å². The fraction of sp³-hybridized carbons (Fsp3) is 0.455. The number of nitrogens with one attached hydrogen (secondary N) is 1. The Bertz CT molecular complexity index is 491. The van der Waals surface area contributed by atoms with E-state index in [2.05, 4.69) is 15.2 Å². The molecule has 0 aliphatic carbocycles. The number of carbonyl (C=O) groups is 1. The Morgan fingerprint density at radius 2 is 2.41 bits per heavy atom. The molecule has 6 heteroatoms. The van der Waals surface area contributed by atoms with E-state index in [9.17, 15) is 9.00 Å². The maximum atomic E-state index is 11.7. The van der Waals surface area contributed by atoms with E-state index in [-0.39, 0.29) is 11.9 Å². The first-order chi connectivity index (χ1) is 8.24. The van der Waals surface area contributed by atoms with Gasteiger partial charge in [0.25, 0.3) is 0 Å². The first-order valence-corrected chi connectivity index (χ1v) is 7.08. The summed E-state index contributed by atoms with van der Waals surface area (Å²) in [5.74, 6) is 1.23. The summed E-state index contributed by atoms with van der Waals surface area (Å²) in [7, 11) is -0.795. The van der Waals surface area contributed by atoms with Crippen LogP contribution in [0.5, 0.6) is 0 Å². The Labute approximate surface area is 102 Å². The molecule has 1 aromatic heterocycles. The fourth-order valence-corrected chi connectivity index (χ4v) is 3.70. The molecule has 0 aromatic carbocycles. The molecule has 90 valence electrons. The van der Waals surface area contributed by atoms with Crippen LogP contribution in [-0.4, -0.2) is 39.2 Å². The van der Waals surface area contributed by atoms with E-state index in [0.717, 1.165) is 17.9 Å². The van der Waals surface area contributed by atoms with Gasteiger partial charge in [-0.3, -0.25) is 14.0 Å². The second-order valence-corrected chi connectivity index (χ2v) is 5.92. The average Bonchev–Trinajstić information content (AvgIpc) is 2.43. The molecule has 1 aromatic rings. The maximum absolute atomic E-state index is 11.7. The first kappa shape index (κ1) is 10.7. The third-order valence-electron chi connectivity index (χ3n) is 3.18. The second kappa shape index (κ2) is 4.10. The molecule has 0 saturated carbocycles. The van der Waals surface area contributed by atoms with E-state index >= 15 is 0 Å². The van der Waals surface area contributed by atoms with E-state index in [1.165, 1.54) is 0 Å². The minimum absolute atomic E-state index is 0.0225. The predicted molar refractivity (Wildman–Crippen MR) is 66.5 cm³/mol. The molecule has 0 bridgehead atoms. The van der Waals surface area contributed by atoms with Crippen molar-refractivity contribution in [3.63, 3.8) is 0 Å². The average molecular weight is 251 g/mol. The van der Waals surface area contributed by atoms with Gasteiger partial charge in [0.05, 0.1) is 17.6 Å². The van der Waals surface area contributed by atoms with Gasteiger partial charge < -0.3 is 10.2 Å². The number of fused-ring (bicyclic) bond motifs is 3. The van der Waals surface area contributed by atoms with Gasteiger partial charge in [-0.25, -0.2) is 0 Å². The number of carbonyl (C=O) groups excluding carboxylic acids is 1. The molecule has 2 aliphatic rings. The number of hydrogen-bond acceptors (Lipinski definition) is 4. The molecule has 1 N–H and O–H groups in total. The van der Waals surface area contributed by atoms with Gasteiger partial charge in [0.15, 0.2) is 0 Å². The normalized spacial score (nSPS) is 27.8. The largest absolute Gasteiger partial charge is 0.364 e. The Morgan fingerprint density at radius 1 is 1.53 bits per heavy atom. The first-order valence-electron chi connectivity index (χ1n) is 5.59. The number of nitrogens with zero attached hydrogens (tertiary/aromatic N) is 2. The van der Waals surface area contributed by atoms with E-state index < -0.39 is 10.8 Å². The van der Waals surface area contributed by atoms with Crippen molar-refractivity contribution in [2.24, 2.45) is 0 Å².